The van der Waals surface area contributed by atoms with Gasteiger partial charge in [-0.3, -0.25) is 0 Å². The van der Waals surface area contributed by atoms with Gasteiger partial charge in [-0.25, -0.2) is 0 Å². The zero-order valence-corrected chi connectivity index (χ0v) is 11.9. The van der Waals surface area contributed by atoms with E-state index in [-0.39, 0.29) is 24.4 Å². The first-order chi connectivity index (χ1) is 8.56. The molecule has 0 fully saturated rings. The summed E-state index contributed by atoms with van der Waals surface area (Å²) in [6.45, 7) is 3.86. The number of rotatable bonds is 1. The van der Waals surface area contributed by atoms with E-state index in [2.05, 4.69) is 19.1 Å². The van der Waals surface area contributed by atoms with Crippen LogP contribution in [0, 0.1) is 13.8 Å². The van der Waals surface area contributed by atoms with E-state index in [1.54, 1.807) is 24.3 Å². The van der Waals surface area contributed by atoms with Gasteiger partial charge in [0.2, 0.25) is 0 Å². The van der Waals surface area contributed by atoms with Gasteiger partial charge in [0.05, 0.1) is 5.97 Å². The van der Waals surface area contributed by atoms with E-state index in [0.29, 0.717) is 0 Å². The summed E-state index contributed by atoms with van der Waals surface area (Å²) in [7, 11) is 0. The summed E-state index contributed by atoms with van der Waals surface area (Å²) < 4.78 is 2.32. The molecule has 2 nitrogen and oxygen atoms in total. The number of hydrogen-bond donors (Lipinski definition) is 0. The molecule has 0 amide bonds. The van der Waals surface area contributed by atoms with Crippen LogP contribution in [0.1, 0.15) is 21.5 Å². The fourth-order valence-corrected chi connectivity index (χ4v) is 3.54. The van der Waals surface area contributed by atoms with Crippen LogP contribution in [0.5, 0.6) is 0 Å². The monoisotopic (exact) mass is 262 g/mol. The molecular formula is C15H11LiO2S. The van der Waals surface area contributed by atoms with Crippen molar-refractivity contribution in [3.63, 3.8) is 0 Å². The van der Waals surface area contributed by atoms with Gasteiger partial charge in [0.1, 0.15) is 0 Å². The summed E-state index contributed by atoms with van der Waals surface area (Å²) in [4.78, 5) is 11.1. The average molecular weight is 262 g/mol. The SMILES string of the molecule is Cc1ccc2c(c1)sc1cc(C)c(C(=O)[O-])cc12.[Li+]. The molecule has 1 aromatic heterocycles. The standard InChI is InChI=1S/C15H12O2S.Li/c1-8-3-4-10-12-7-11(15(16)17)9(2)6-14(12)18-13(10)5-8;/h3-7H,1-2H3,(H,16,17);/q;+1/p-1. The molecule has 0 unspecified atom stereocenters. The molecule has 90 valence electrons. The minimum Gasteiger partial charge on any atom is -0.545 e. The van der Waals surface area contributed by atoms with Crippen LogP contribution in [0.3, 0.4) is 0 Å². The van der Waals surface area contributed by atoms with Crippen LogP contribution in [-0.2, 0) is 0 Å². The molecule has 0 atom stereocenters. The van der Waals surface area contributed by atoms with E-state index in [4.69, 9.17) is 0 Å². The topological polar surface area (TPSA) is 40.1 Å². The minimum atomic E-state index is -1.11. The Bertz CT molecular complexity index is 790. The normalized spacial score (nSPS) is 10.6. The molecule has 0 aliphatic rings. The fourth-order valence-electron chi connectivity index (χ4n) is 2.25. The third kappa shape index (κ3) is 2.30. The maximum Gasteiger partial charge on any atom is 1.00 e. The third-order valence-corrected chi connectivity index (χ3v) is 4.31. The number of thiophene rings is 1. The Kier molecular flexibility index (Phi) is 3.73. The Labute approximate surface area is 127 Å². The largest absolute Gasteiger partial charge is 1.00 e. The van der Waals surface area contributed by atoms with Crippen molar-refractivity contribution < 1.29 is 28.8 Å². The van der Waals surface area contributed by atoms with Gasteiger partial charge < -0.3 is 9.90 Å². The Balaban J connectivity index is 0.00000133. The van der Waals surface area contributed by atoms with E-state index in [9.17, 15) is 9.90 Å². The first-order valence-electron chi connectivity index (χ1n) is 5.71. The fraction of sp³-hybridized carbons (Fsp3) is 0.133. The van der Waals surface area contributed by atoms with Crippen LogP contribution in [0.25, 0.3) is 20.2 Å². The van der Waals surface area contributed by atoms with Gasteiger partial charge in [0, 0.05) is 25.7 Å². The molecule has 0 saturated heterocycles. The van der Waals surface area contributed by atoms with Gasteiger partial charge in [-0.2, -0.15) is 0 Å². The molecule has 2 aromatic carbocycles. The summed E-state index contributed by atoms with van der Waals surface area (Å²) in [5, 5.41) is 13.2. The molecule has 0 spiro atoms. The number of carbonyl (C=O) groups is 1. The number of carboxylic acids is 1. The summed E-state index contributed by atoms with van der Waals surface area (Å²) in [5.41, 5.74) is 2.25. The molecule has 0 bridgehead atoms. The second-order valence-corrected chi connectivity index (χ2v) is 5.64. The molecule has 0 aliphatic carbocycles. The molecule has 0 aliphatic heterocycles. The van der Waals surface area contributed by atoms with Crippen LogP contribution < -0.4 is 24.0 Å². The number of aromatic carboxylic acids is 1. The second-order valence-electron chi connectivity index (χ2n) is 4.55. The predicted octanol–water partition coefficient (Wildman–Crippen LogP) is 0.0388. The van der Waals surface area contributed by atoms with Crippen molar-refractivity contribution >= 4 is 37.5 Å². The Morgan fingerprint density at radius 1 is 1.05 bits per heavy atom. The molecule has 4 heteroatoms. The summed E-state index contributed by atoms with van der Waals surface area (Å²) in [6, 6.07) is 9.90. The van der Waals surface area contributed by atoms with E-state index >= 15 is 0 Å². The maximum absolute atomic E-state index is 11.1. The zero-order chi connectivity index (χ0) is 12.9. The molecule has 0 N–H and O–H groups in total. The maximum atomic E-state index is 11.1. The summed E-state index contributed by atoms with van der Waals surface area (Å²) in [5.74, 6) is -1.11. The third-order valence-electron chi connectivity index (χ3n) is 3.19. The molecule has 3 aromatic rings. The van der Waals surface area contributed by atoms with E-state index < -0.39 is 5.97 Å². The quantitative estimate of drug-likeness (QED) is 0.581. The first-order valence-corrected chi connectivity index (χ1v) is 6.53. The van der Waals surface area contributed by atoms with Gasteiger partial charge in [0.25, 0.3) is 0 Å². The first kappa shape index (κ1) is 14.1. The van der Waals surface area contributed by atoms with Gasteiger partial charge in [0.15, 0.2) is 0 Å². The van der Waals surface area contributed by atoms with Crippen LogP contribution in [0.15, 0.2) is 30.3 Å². The molecule has 1 heterocycles. The second kappa shape index (κ2) is 5.01. The van der Waals surface area contributed by atoms with Gasteiger partial charge >= 0.3 is 18.9 Å². The number of hydrogen-bond acceptors (Lipinski definition) is 3. The van der Waals surface area contributed by atoms with Gasteiger partial charge in [-0.15, -0.1) is 11.3 Å². The van der Waals surface area contributed by atoms with Crippen molar-refractivity contribution in [1.82, 2.24) is 0 Å². The van der Waals surface area contributed by atoms with Crippen LogP contribution >= 0.6 is 11.3 Å². The summed E-state index contributed by atoms with van der Waals surface area (Å²) >= 11 is 1.70. The molecule has 3 rings (SSSR count). The van der Waals surface area contributed by atoms with Crippen molar-refractivity contribution in [3.8, 4) is 0 Å². The van der Waals surface area contributed by atoms with Gasteiger partial charge in [-0.1, -0.05) is 12.1 Å². The smallest absolute Gasteiger partial charge is 0.545 e. The number of aryl methyl sites for hydroxylation is 2. The van der Waals surface area contributed by atoms with Crippen molar-refractivity contribution in [2.24, 2.45) is 0 Å². The Morgan fingerprint density at radius 2 is 1.74 bits per heavy atom. The summed E-state index contributed by atoms with van der Waals surface area (Å²) in [6.07, 6.45) is 0. The molecule has 0 radical (unpaired) electrons. The van der Waals surface area contributed by atoms with Crippen molar-refractivity contribution in [1.29, 1.82) is 0 Å². The van der Waals surface area contributed by atoms with E-state index in [1.807, 2.05) is 12.1 Å². The van der Waals surface area contributed by atoms with Crippen molar-refractivity contribution in [2.45, 2.75) is 13.8 Å². The molecule has 19 heavy (non-hydrogen) atoms. The van der Waals surface area contributed by atoms with E-state index in [0.717, 1.165) is 21.0 Å². The van der Waals surface area contributed by atoms with Crippen molar-refractivity contribution in [3.05, 3.63) is 47.0 Å². The molecule has 0 saturated carbocycles. The van der Waals surface area contributed by atoms with E-state index in [1.165, 1.54) is 10.3 Å². The zero-order valence-electron chi connectivity index (χ0n) is 11.1. The number of fused-ring (bicyclic) bond motifs is 3. The van der Waals surface area contributed by atoms with Crippen LogP contribution in [0.2, 0.25) is 0 Å². The average Bonchev–Trinajstić information content (AvgIpc) is 2.63. The van der Waals surface area contributed by atoms with Crippen LogP contribution in [0.4, 0.5) is 0 Å². The van der Waals surface area contributed by atoms with Crippen molar-refractivity contribution in [2.75, 3.05) is 0 Å². The minimum absolute atomic E-state index is 0. The Morgan fingerprint density at radius 3 is 2.42 bits per heavy atom. The number of carboxylic acid groups (broad SMARTS) is 1. The molecular weight excluding hydrogens is 251 g/mol. The number of benzene rings is 2. The Hall–Kier alpha value is -1.27. The predicted molar refractivity (Wildman–Crippen MR) is 73.1 cm³/mol. The number of carbonyl (C=O) groups excluding carboxylic acids is 1. The van der Waals surface area contributed by atoms with Gasteiger partial charge in [-0.05, 0) is 43.2 Å². The van der Waals surface area contributed by atoms with Crippen LogP contribution in [-0.4, -0.2) is 5.97 Å².